The number of halogens is 1. The molecule has 4 heteroatoms. The molecule has 3 nitrogen and oxygen atoms in total. The lowest BCUT2D eigenvalue weighted by Gasteiger charge is -2.34. The summed E-state index contributed by atoms with van der Waals surface area (Å²) in [6.07, 6.45) is 6.19. The largest absolute Gasteiger partial charge is 0.365 e. The molecule has 3 heterocycles. The maximum absolute atomic E-state index is 4.54. The maximum Gasteiger partial charge on any atom is 0.112 e. The second-order valence-electron chi connectivity index (χ2n) is 5.42. The van der Waals surface area contributed by atoms with E-state index in [0.717, 1.165) is 22.1 Å². The molecule has 18 heavy (non-hydrogen) atoms. The minimum atomic E-state index is 0.211. The predicted molar refractivity (Wildman–Crippen MR) is 77.9 cm³/mol. The summed E-state index contributed by atoms with van der Waals surface area (Å²) in [4.78, 5) is 11.4. The van der Waals surface area contributed by atoms with Crippen LogP contribution in [0.15, 0.2) is 29.0 Å². The van der Waals surface area contributed by atoms with E-state index in [1.807, 2.05) is 18.5 Å². The summed E-state index contributed by atoms with van der Waals surface area (Å²) < 4.78 is 0.973. The Kier molecular flexibility index (Phi) is 2.77. The molecule has 0 unspecified atom stereocenters. The van der Waals surface area contributed by atoms with E-state index >= 15 is 0 Å². The number of nitrogens with zero attached hydrogens (tertiary/aromatic N) is 3. The third-order valence-electron chi connectivity index (χ3n) is 3.71. The Morgan fingerprint density at radius 3 is 2.89 bits per heavy atom. The zero-order chi connectivity index (χ0) is 12.8. The molecule has 1 fully saturated rings. The second-order valence-corrected chi connectivity index (χ2v) is 6.33. The van der Waals surface area contributed by atoms with Crippen LogP contribution >= 0.6 is 15.9 Å². The highest BCUT2D eigenvalue weighted by Crippen LogP contribution is 2.36. The standard InChI is InChI=1S/C14H16BrN3/c1-14(2)5-3-7-18(14)12-4-6-16-11-8-10(15)9-17-13(11)12/h4,6,8-9H,3,5,7H2,1-2H3. The van der Waals surface area contributed by atoms with Gasteiger partial charge in [-0.25, -0.2) is 0 Å². The number of rotatable bonds is 1. The number of aromatic nitrogens is 2. The van der Waals surface area contributed by atoms with Crippen LogP contribution in [0.2, 0.25) is 0 Å². The average molecular weight is 306 g/mol. The molecule has 2 aromatic rings. The molecule has 0 N–H and O–H groups in total. The van der Waals surface area contributed by atoms with E-state index in [9.17, 15) is 0 Å². The number of hydrogen-bond acceptors (Lipinski definition) is 3. The average Bonchev–Trinajstić information content (AvgIpc) is 2.67. The van der Waals surface area contributed by atoms with Gasteiger partial charge in [-0.2, -0.15) is 0 Å². The third-order valence-corrected chi connectivity index (χ3v) is 4.15. The molecule has 0 bridgehead atoms. The first-order valence-electron chi connectivity index (χ1n) is 6.26. The molecule has 2 aromatic heterocycles. The number of fused-ring (bicyclic) bond motifs is 1. The van der Waals surface area contributed by atoms with Gasteiger partial charge in [-0.3, -0.25) is 9.97 Å². The van der Waals surface area contributed by atoms with E-state index in [1.54, 1.807) is 0 Å². The van der Waals surface area contributed by atoms with E-state index < -0.39 is 0 Å². The fourth-order valence-electron chi connectivity index (χ4n) is 2.76. The normalized spacial score (nSPS) is 18.5. The zero-order valence-electron chi connectivity index (χ0n) is 10.7. The zero-order valence-corrected chi connectivity index (χ0v) is 12.2. The summed E-state index contributed by atoms with van der Waals surface area (Å²) in [6.45, 7) is 5.69. The van der Waals surface area contributed by atoms with Gasteiger partial charge in [-0.15, -0.1) is 0 Å². The number of anilines is 1. The quantitative estimate of drug-likeness (QED) is 0.803. The second kappa shape index (κ2) is 4.19. The van der Waals surface area contributed by atoms with Gasteiger partial charge in [0, 0.05) is 29.0 Å². The van der Waals surface area contributed by atoms with Crippen LogP contribution in [0.4, 0.5) is 5.69 Å². The SMILES string of the molecule is CC1(C)CCCN1c1ccnc2cc(Br)cnc12. The maximum atomic E-state index is 4.54. The van der Waals surface area contributed by atoms with Gasteiger partial charge in [0.25, 0.3) is 0 Å². The van der Waals surface area contributed by atoms with Crippen molar-refractivity contribution >= 4 is 32.7 Å². The first-order chi connectivity index (χ1) is 8.58. The van der Waals surface area contributed by atoms with Gasteiger partial charge < -0.3 is 4.90 Å². The van der Waals surface area contributed by atoms with Crippen LogP contribution in [0.3, 0.4) is 0 Å². The van der Waals surface area contributed by atoms with Crippen LogP contribution in [-0.4, -0.2) is 22.1 Å². The summed E-state index contributed by atoms with van der Waals surface area (Å²) in [5, 5.41) is 0. The summed E-state index contributed by atoms with van der Waals surface area (Å²) in [7, 11) is 0. The van der Waals surface area contributed by atoms with Crippen LogP contribution in [0.5, 0.6) is 0 Å². The van der Waals surface area contributed by atoms with Gasteiger partial charge in [0.15, 0.2) is 0 Å². The van der Waals surface area contributed by atoms with Gasteiger partial charge in [-0.05, 0) is 54.8 Å². The molecule has 0 radical (unpaired) electrons. The molecule has 0 atom stereocenters. The topological polar surface area (TPSA) is 29.0 Å². The van der Waals surface area contributed by atoms with Crippen molar-refractivity contribution in [2.24, 2.45) is 0 Å². The number of pyridine rings is 2. The molecule has 1 aliphatic rings. The van der Waals surface area contributed by atoms with Crippen LogP contribution in [-0.2, 0) is 0 Å². The number of hydrogen-bond donors (Lipinski definition) is 0. The molecule has 1 saturated heterocycles. The first kappa shape index (κ1) is 11.9. The summed E-state index contributed by atoms with van der Waals surface area (Å²) in [6, 6.07) is 4.10. The molecular weight excluding hydrogens is 290 g/mol. The highest BCUT2D eigenvalue weighted by Gasteiger charge is 2.33. The fourth-order valence-corrected chi connectivity index (χ4v) is 3.08. The molecule has 0 saturated carbocycles. The predicted octanol–water partition coefficient (Wildman–Crippen LogP) is 3.77. The van der Waals surface area contributed by atoms with Crippen LogP contribution in [0.25, 0.3) is 11.0 Å². The lowest BCUT2D eigenvalue weighted by atomic mass is 10.0. The van der Waals surface area contributed by atoms with Gasteiger partial charge in [0.1, 0.15) is 5.52 Å². The smallest absolute Gasteiger partial charge is 0.112 e. The van der Waals surface area contributed by atoms with Crippen molar-refractivity contribution in [3.05, 3.63) is 29.0 Å². The third kappa shape index (κ3) is 1.88. The highest BCUT2D eigenvalue weighted by atomic mass is 79.9. The van der Waals surface area contributed by atoms with Crippen molar-refractivity contribution in [3.63, 3.8) is 0 Å². The minimum absolute atomic E-state index is 0.211. The van der Waals surface area contributed by atoms with Crippen molar-refractivity contribution in [1.82, 2.24) is 9.97 Å². The Bertz CT molecular complexity index is 595. The van der Waals surface area contributed by atoms with Crippen LogP contribution in [0, 0.1) is 0 Å². The van der Waals surface area contributed by atoms with Crippen molar-refractivity contribution in [2.45, 2.75) is 32.2 Å². The Morgan fingerprint density at radius 1 is 1.33 bits per heavy atom. The summed E-state index contributed by atoms with van der Waals surface area (Å²) in [5.41, 5.74) is 3.36. The van der Waals surface area contributed by atoms with Crippen LogP contribution in [0.1, 0.15) is 26.7 Å². The van der Waals surface area contributed by atoms with Gasteiger partial charge in [0.2, 0.25) is 0 Å². The monoisotopic (exact) mass is 305 g/mol. The lowest BCUT2D eigenvalue weighted by molar-refractivity contribution is 0.518. The molecule has 0 spiro atoms. The molecule has 0 aromatic carbocycles. The Balaban J connectivity index is 2.18. The summed E-state index contributed by atoms with van der Waals surface area (Å²) in [5.74, 6) is 0. The van der Waals surface area contributed by atoms with Crippen molar-refractivity contribution in [1.29, 1.82) is 0 Å². The van der Waals surface area contributed by atoms with Crippen molar-refractivity contribution < 1.29 is 0 Å². The van der Waals surface area contributed by atoms with Gasteiger partial charge in [0.05, 0.1) is 11.2 Å². The van der Waals surface area contributed by atoms with E-state index in [0.29, 0.717) is 0 Å². The van der Waals surface area contributed by atoms with Crippen molar-refractivity contribution in [3.8, 4) is 0 Å². The lowest BCUT2D eigenvalue weighted by Crippen LogP contribution is -2.38. The van der Waals surface area contributed by atoms with Crippen molar-refractivity contribution in [2.75, 3.05) is 11.4 Å². The van der Waals surface area contributed by atoms with E-state index in [2.05, 4.69) is 50.7 Å². The van der Waals surface area contributed by atoms with Gasteiger partial charge in [-0.1, -0.05) is 0 Å². The molecule has 3 rings (SSSR count). The Hall–Kier alpha value is -1.16. The Labute approximate surface area is 115 Å². The molecule has 0 amide bonds. The molecule has 1 aliphatic heterocycles. The van der Waals surface area contributed by atoms with E-state index in [1.165, 1.54) is 18.5 Å². The molecule has 0 aliphatic carbocycles. The van der Waals surface area contributed by atoms with E-state index in [-0.39, 0.29) is 5.54 Å². The molecule has 94 valence electrons. The van der Waals surface area contributed by atoms with Gasteiger partial charge >= 0.3 is 0 Å². The summed E-state index contributed by atoms with van der Waals surface area (Å²) >= 11 is 3.45. The van der Waals surface area contributed by atoms with E-state index in [4.69, 9.17) is 0 Å². The van der Waals surface area contributed by atoms with Crippen LogP contribution < -0.4 is 4.90 Å². The fraction of sp³-hybridized carbons (Fsp3) is 0.429. The minimum Gasteiger partial charge on any atom is -0.365 e. The Morgan fingerprint density at radius 2 is 2.17 bits per heavy atom. The molecular formula is C14H16BrN3. The highest BCUT2D eigenvalue weighted by molar-refractivity contribution is 9.10. The first-order valence-corrected chi connectivity index (χ1v) is 7.05.